The minimum atomic E-state index is -4.83. The molecule has 0 saturated heterocycles. The Morgan fingerprint density at radius 2 is 1.95 bits per heavy atom. The number of halogens is 3. The molecule has 0 aliphatic rings. The van der Waals surface area contributed by atoms with Crippen LogP contribution in [0.2, 0.25) is 0 Å². The van der Waals surface area contributed by atoms with Crippen LogP contribution in [0.3, 0.4) is 0 Å². The number of anilines is 1. The van der Waals surface area contributed by atoms with E-state index in [4.69, 9.17) is 0 Å². The summed E-state index contributed by atoms with van der Waals surface area (Å²) >= 11 is 0. The molecule has 0 aliphatic carbocycles. The summed E-state index contributed by atoms with van der Waals surface area (Å²) in [6.45, 7) is 0. The van der Waals surface area contributed by atoms with E-state index < -0.39 is 23.6 Å². The first-order chi connectivity index (χ1) is 9.83. The average molecular weight is 298 g/mol. The molecule has 1 amide bonds. The van der Waals surface area contributed by atoms with Crippen LogP contribution in [0.1, 0.15) is 10.4 Å². The van der Waals surface area contributed by atoms with Gasteiger partial charge in [-0.2, -0.15) is 0 Å². The molecule has 0 atom stereocenters. The van der Waals surface area contributed by atoms with E-state index in [-0.39, 0.29) is 11.3 Å². The quantitative estimate of drug-likeness (QED) is 0.914. The van der Waals surface area contributed by atoms with Gasteiger partial charge in [0.05, 0.1) is 0 Å². The number of benzene rings is 1. The first kappa shape index (κ1) is 14.6. The molecule has 110 valence electrons. The Morgan fingerprint density at radius 1 is 1.19 bits per heavy atom. The molecule has 1 heterocycles. The lowest BCUT2D eigenvalue weighted by molar-refractivity contribution is -0.274. The number of carbonyl (C=O) groups is 1. The van der Waals surface area contributed by atoms with Gasteiger partial charge in [0.15, 0.2) is 0 Å². The molecule has 1 aromatic carbocycles. The third-order valence-electron chi connectivity index (χ3n) is 2.36. The van der Waals surface area contributed by atoms with Crippen molar-refractivity contribution in [2.75, 3.05) is 5.32 Å². The number of carbonyl (C=O) groups excluding carboxylic acids is 1. The second kappa shape index (κ2) is 5.70. The third-order valence-corrected chi connectivity index (χ3v) is 2.36. The molecule has 0 fully saturated rings. The molecule has 0 unspecified atom stereocenters. The summed E-state index contributed by atoms with van der Waals surface area (Å²) in [5.74, 6) is -1.16. The molecule has 0 aliphatic heterocycles. The number of nitrogens with one attached hydrogen (secondary N) is 2. The van der Waals surface area contributed by atoms with Crippen LogP contribution >= 0.6 is 0 Å². The second-order valence-electron chi connectivity index (χ2n) is 3.97. The van der Waals surface area contributed by atoms with Crippen molar-refractivity contribution in [3.63, 3.8) is 0 Å². The van der Waals surface area contributed by atoms with Crippen molar-refractivity contribution >= 4 is 11.6 Å². The monoisotopic (exact) mass is 298 g/mol. The summed E-state index contributed by atoms with van der Waals surface area (Å²) in [4.78, 5) is 25.3. The maximum atomic E-state index is 12.1. The number of hydrogen-bond donors (Lipinski definition) is 2. The van der Waals surface area contributed by atoms with Crippen molar-refractivity contribution in [2.24, 2.45) is 0 Å². The Morgan fingerprint density at radius 3 is 2.62 bits per heavy atom. The number of pyridine rings is 1. The Balaban J connectivity index is 2.16. The van der Waals surface area contributed by atoms with Crippen LogP contribution in [0, 0.1) is 0 Å². The molecule has 2 rings (SSSR count). The maximum Gasteiger partial charge on any atom is 0.573 e. The van der Waals surface area contributed by atoms with Crippen LogP contribution in [0.5, 0.6) is 5.75 Å². The Labute approximate surface area is 116 Å². The van der Waals surface area contributed by atoms with E-state index in [1.165, 1.54) is 24.4 Å². The van der Waals surface area contributed by atoms with Gasteiger partial charge in [0.1, 0.15) is 5.75 Å². The molecule has 1 aromatic heterocycles. The van der Waals surface area contributed by atoms with Crippen molar-refractivity contribution in [3.05, 3.63) is 58.5 Å². The zero-order valence-electron chi connectivity index (χ0n) is 10.4. The van der Waals surface area contributed by atoms with Gasteiger partial charge in [0.25, 0.3) is 5.91 Å². The summed E-state index contributed by atoms with van der Waals surface area (Å²) in [5.41, 5.74) is -0.218. The van der Waals surface area contributed by atoms with Crippen LogP contribution in [-0.4, -0.2) is 17.3 Å². The van der Waals surface area contributed by atoms with Gasteiger partial charge in [0.2, 0.25) is 5.56 Å². The van der Waals surface area contributed by atoms with Gasteiger partial charge in [0, 0.05) is 23.5 Å². The van der Waals surface area contributed by atoms with Crippen molar-refractivity contribution in [3.8, 4) is 5.75 Å². The maximum absolute atomic E-state index is 12.1. The molecule has 0 saturated carbocycles. The van der Waals surface area contributed by atoms with Crippen LogP contribution in [-0.2, 0) is 0 Å². The summed E-state index contributed by atoms with van der Waals surface area (Å²) in [7, 11) is 0. The minimum Gasteiger partial charge on any atom is -0.406 e. The van der Waals surface area contributed by atoms with E-state index in [1.54, 1.807) is 0 Å². The lowest BCUT2D eigenvalue weighted by Gasteiger charge is -2.10. The van der Waals surface area contributed by atoms with Crippen LogP contribution in [0.4, 0.5) is 18.9 Å². The average Bonchev–Trinajstić information content (AvgIpc) is 2.37. The van der Waals surface area contributed by atoms with E-state index in [9.17, 15) is 22.8 Å². The summed E-state index contributed by atoms with van der Waals surface area (Å²) in [5, 5.41) is 2.39. The largest absolute Gasteiger partial charge is 0.573 e. The smallest absolute Gasteiger partial charge is 0.406 e. The van der Waals surface area contributed by atoms with Gasteiger partial charge < -0.3 is 15.0 Å². The molecule has 2 N–H and O–H groups in total. The summed E-state index contributed by atoms with van der Waals surface area (Å²) < 4.78 is 40.0. The fourth-order valence-electron chi connectivity index (χ4n) is 1.56. The van der Waals surface area contributed by atoms with E-state index in [0.717, 1.165) is 18.2 Å². The summed E-state index contributed by atoms with van der Waals surface area (Å²) in [6.07, 6.45) is -3.50. The zero-order valence-corrected chi connectivity index (χ0v) is 10.4. The predicted octanol–water partition coefficient (Wildman–Crippen LogP) is 2.53. The lowest BCUT2D eigenvalue weighted by atomic mass is 10.2. The first-order valence-corrected chi connectivity index (χ1v) is 5.69. The molecular formula is C13H9F3N2O3. The number of H-pyrrole nitrogens is 1. The molecule has 21 heavy (non-hydrogen) atoms. The molecule has 0 radical (unpaired) electrons. The normalized spacial score (nSPS) is 11.0. The number of alkyl halides is 3. The topological polar surface area (TPSA) is 71.2 Å². The van der Waals surface area contributed by atoms with E-state index in [2.05, 4.69) is 15.0 Å². The molecule has 5 nitrogen and oxygen atoms in total. The molecular weight excluding hydrogens is 289 g/mol. The van der Waals surface area contributed by atoms with E-state index in [1.807, 2.05) is 0 Å². The third kappa shape index (κ3) is 4.37. The summed E-state index contributed by atoms with van der Waals surface area (Å²) in [6, 6.07) is 7.20. The molecule has 2 aromatic rings. The molecule has 0 bridgehead atoms. The second-order valence-corrected chi connectivity index (χ2v) is 3.97. The standard InChI is InChI=1S/C13H9F3N2O3/c14-13(15,16)21-10-3-1-2-8(6-10)12(20)18-9-4-5-17-11(19)7-9/h1-7H,(H2,17,18,19,20). The van der Waals surface area contributed by atoms with Gasteiger partial charge in [-0.1, -0.05) is 6.07 Å². The van der Waals surface area contributed by atoms with Gasteiger partial charge in [-0.3, -0.25) is 9.59 Å². The number of ether oxygens (including phenoxy) is 1. The van der Waals surface area contributed by atoms with E-state index in [0.29, 0.717) is 0 Å². The number of hydrogen-bond acceptors (Lipinski definition) is 3. The molecule has 8 heteroatoms. The fourth-order valence-corrected chi connectivity index (χ4v) is 1.56. The highest BCUT2D eigenvalue weighted by Crippen LogP contribution is 2.23. The SMILES string of the molecule is O=C(Nc1cc[nH]c(=O)c1)c1cccc(OC(F)(F)F)c1. The van der Waals surface area contributed by atoms with Gasteiger partial charge in [-0.15, -0.1) is 13.2 Å². The van der Waals surface area contributed by atoms with Crippen molar-refractivity contribution < 1.29 is 22.7 Å². The van der Waals surface area contributed by atoms with Crippen LogP contribution < -0.4 is 15.6 Å². The highest BCUT2D eigenvalue weighted by Gasteiger charge is 2.31. The first-order valence-electron chi connectivity index (χ1n) is 5.69. The van der Waals surface area contributed by atoms with Gasteiger partial charge >= 0.3 is 6.36 Å². The highest BCUT2D eigenvalue weighted by molar-refractivity contribution is 6.04. The Kier molecular flexibility index (Phi) is 3.97. The number of amides is 1. The molecule has 0 spiro atoms. The number of rotatable bonds is 3. The highest BCUT2D eigenvalue weighted by atomic mass is 19.4. The van der Waals surface area contributed by atoms with Gasteiger partial charge in [-0.25, -0.2) is 0 Å². The fraction of sp³-hybridized carbons (Fsp3) is 0.0769. The minimum absolute atomic E-state index is 0.0305. The predicted molar refractivity (Wildman–Crippen MR) is 68.1 cm³/mol. The number of aromatic nitrogens is 1. The van der Waals surface area contributed by atoms with Crippen molar-refractivity contribution in [1.29, 1.82) is 0 Å². The van der Waals surface area contributed by atoms with Crippen LogP contribution in [0.25, 0.3) is 0 Å². The van der Waals surface area contributed by atoms with Crippen molar-refractivity contribution in [2.45, 2.75) is 6.36 Å². The zero-order chi connectivity index (χ0) is 15.5. The van der Waals surface area contributed by atoms with Crippen molar-refractivity contribution in [1.82, 2.24) is 4.98 Å². The number of aromatic amines is 1. The Bertz CT molecular complexity index is 710. The lowest BCUT2D eigenvalue weighted by Crippen LogP contribution is -2.18. The van der Waals surface area contributed by atoms with Crippen LogP contribution in [0.15, 0.2) is 47.4 Å². The Hall–Kier alpha value is -2.77. The van der Waals surface area contributed by atoms with E-state index >= 15 is 0 Å². The van der Waals surface area contributed by atoms with Gasteiger partial charge in [-0.05, 0) is 24.3 Å².